The van der Waals surface area contributed by atoms with Crippen LogP contribution in [0.25, 0.3) is 0 Å². The molecule has 8 heteroatoms. The SMILES string of the molecule is C=C.C=C.Cc1cccc(C)c1N(CNc1cccc(N2NC=NC2S)c1)CC(=O)[O-]. The number of carbonyl (C=O) groups excluding carboxylic acids is 1. The van der Waals surface area contributed by atoms with Crippen molar-refractivity contribution < 1.29 is 9.90 Å². The second-order valence-corrected chi connectivity index (χ2v) is 6.78. The fraction of sp³-hybridized carbons (Fsp3) is 0.217. The molecule has 0 fully saturated rings. The van der Waals surface area contributed by atoms with Gasteiger partial charge in [0.05, 0.1) is 24.9 Å². The van der Waals surface area contributed by atoms with Crippen LogP contribution in [-0.2, 0) is 4.79 Å². The number of nitrogens with one attached hydrogen (secondary N) is 2. The van der Waals surface area contributed by atoms with Crippen LogP contribution in [0.1, 0.15) is 11.1 Å². The number of carboxylic acid groups (broad SMARTS) is 1. The van der Waals surface area contributed by atoms with Crippen LogP contribution in [0.4, 0.5) is 17.1 Å². The summed E-state index contributed by atoms with van der Waals surface area (Å²) in [5.74, 6) is -1.12. The van der Waals surface area contributed by atoms with Gasteiger partial charge in [0.1, 0.15) is 6.34 Å². The first-order chi connectivity index (χ1) is 15.0. The van der Waals surface area contributed by atoms with Crippen molar-refractivity contribution in [3.05, 3.63) is 79.9 Å². The van der Waals surface area contributed by atoms with Gasteiger partial charge in [-0.15, -0.1) is 38.9 Å². The summed E-state index contributed by atoms with van der Waals surface area (Å²) < 4.78 is 0. The number of aryl methyl sites for hydroxylation is 2. The fourth-order valence-corrected chi connectivity index (χ4v) is 3.40. The van der Waals surface area contributed by atoms with Gasteiger partial charge >= 0.3 is 0 Å². The van der Waals surface area contributed by atoms with Gasteiger partial charge in [0.25, 0.3) is 0 Å². The molecule has 2 aromatic rings. The second-order valence-electron chi connectivity index (χ2n) is 6.32. The Hall–Kier alpha value is -3.39. The maximum atomic E-state index is 11.3. The molecule has 0 bridgehead atoms. The molecule has 3 rings (SSSR count). The van der Waals surface area contributed by atoms with Gasteiger partial charge in [0, 0.05) is 11.4 Å². The smallest absolute Gasteiger partial charge is 0.185 e. The number of hydrazine groups is 1. The van der Waals surface area contributed by atoms with Crippen molar-refractivity contribution in [1.82, 2.24) is 5.43 Å². The zero-order valence-electron chi connectivity index (χ0n) is 18.0. The van der Waals surface area contributed by atoms with E-state index in [1.54, 1.807) is 11.2 Å². The quantitative estimate of drug-likeness (QED) is 0.349. The predicted octanol–water partition coefficient (Wildman–Crippen LogP) is 3.10. The molecular weight excluding hydrogens is 410 g/mol. The van der Waals surface area contributed by atoms with E-state index in [9.17, 15) is 9.90 Å². The van der Waals surface area contributed by atoms with E-state index in [0.29, 0.717) is 6.67 Å². The summed E-state index contributed by atoms with van der Waals surface area (Å²) in [5, 5.41) is 16.4. The number of anilines is 3. The Morgan fingerprint density at radius 1 is 1.19 bits per heavy atom. The first-order valence-corrected chi connectivity index (χ1v) is 10.1. The van der Waals surface area contributed by atoms with E-state index in [-0.39, 0.29) is 12.0 Å². The number of benzene rings is 2. The van der Waals surface area contributed by atoms with Crippen molar-refractivity contribution in [3.63, 3.8) is 0 Å². The second kappa shape index (κ2) is 13.0. The minimum atomic E-state index is -1.12. The summed E-state index contributed by atoms with van der Waals surface area (Å²) in [6.07, 6.45) is 1.60. The Morgan fingerprint density at radius 2 is 1.81 bits per heavy atom. The zero-order valence-corrected chi connectivity index (χ0v) is 18.9. The summed E-state index contributed by atoms with van der Waals surface area (Å²) in [7, 11) is 0. The first-order valence-electron chi connectivity index (χ1n) is 9.56. The van der Waals surface area contributed by atoms with Crippen LogP contribution in [0.15, 0.2) is 73.8 Å². The molecule has 0 aromatic heterocycles. The van der Waals surface area contributed by atoms with Gasteiger partial charge in [-0.05, 0) is 43.2 Å². The minimum absolute atomic E-state index is 0.196. The van der Waals surface area contributed by atoms with Crippen molar-refractivity contribution in [2.75, 3.05) is 28.4 Å². The average molecular weight is 441 g/mol. The molecule has 0 radical (unpaired) electrons. The Kier molecular flexibility index (Phi) is 10.8. The maximum Gasteiger partial charge on any atom is 0.185 e. The van der Waals surface area contributed by atoms with Crippen molar-refractivity contribution in [2.24, 2.45) is 4.99 Å². The molecule has 1 heterocycles. The molecule has 0 amide bonds. The highest BCUT2D eigenvalue weighted by Crippen LogP contribution is 2.26. The average Bonchev–Trinajstić information content (AvgIpc) is 3.20. The van der Waals surface area contributed by atoms with Crippen molar-refractivity contribution in [1.29, 1.82) is 0 Å². The van der Waals surface area contributed by atoms with Crippen molar-refractivity contribution >= 4 is 42.0 Å². The first kappa shape index (κ1) is 25.6. The third-order valence-electron chi connectivity index (χ3n) is 4.31. The molecule has 1 atom stereocenters. The Bertz CT molecular complexity index is 868. The molecule has 0 aliphatic carbocycles. The van der Waals surface area contributed by atoms with Crippen LogP contribution < -0.4 is 25.8 Å². The molecule has 1 aliphatic heterocycles. The molecule has 0 saturated carbocycles. The van der Waals surface area contributed by atoms with Gasteiger partial charge in [-0.2, -0.15) is 0 Å². The van der Waals surface area contributed by atoms with Crippen LogP contribution in [0.5, 0.6) is 0 Å². The largest absolute Gasteiger partial charge is 0.548 e. The molecular formula is C23H30N5O2S-. The predicted molar refractivity (Wildman–Crippen MR) is 133 cm³/mol. The van der Waals surface area contributed by atoms with Crippen LogP contribution in [0.2, 0.25) is 0 Å². The number of carbonyl (C=O) groups is 1. The molecule has 1 aliphatic rings. The fourth-order valence-electron chi connectivity index (χ4n) is 3.13. The van der Waals surface area contributed by atoms with Gasteiger partial charge in [0.2, 0.25) is 0 Å². The normalized spacial score (nSPS) is 13.8. The van der Waals surface area contributed by atoms with Crippen molar-refractivity contribution in [3.8, 4) is 0 Å². The number of nitrogens with zero attached hydrogens (tertiary/aromatic N) is 3. The molecule has 1 unspecified atom stereocenters. The summed E-state index contributed by atoms with van der Waals surface area (Å²) in [6.45, 7) is 16.1. The Morgan fingerprint density at radius 3 is 2.35 bits per heavy atom. The number of rotatable bonds is 7. The number of hydrogen-bond acceptors (Lipinski definition) is 8. The highest BCUT2D eigenvalue weighted by Gasteiger charge is 2.18. The maximum absolute atomic E-state index is 11.3. The van der Waals surface area contributed by atoms with Crippen LogP contribution >= 0.6 is 12.6 Å². The summed E-state index contributed by atoms with van der Waals surface area (Å²) in [5.41, 5.74) is 7.42. The van der Waals surface area contributed by atoms with Crippen LogP contribution in [0, 0.1) is 13.8 Å². The number of aliphatic carboxylic acids is 1. The van der Waals surface area contributed by atoms with Crippen molar-refractivity contribution in [2.45, 2.75) is 19.3 Å². The highest BCUT2D eigenvalue weighted by molar-refractivity contribution is 7.81. The highest BCUT2D eigenvalue weighted by atomic mass is 32.1. The van der Waals surface area contributed by atoms with Gasteiger partial charge in [-0.1, -0.05) is 24.3 Å². The lowest BCUT2D eigenvalue weighted by Crippen LogP contribution is -2.41. The zero-order chi connectivity index (χ0) is 23.4. The standard InChI is InChI=1S/C19H23N5O2S.2C2H4/c1-13-5-3-6-14(2)18(13)23(10-17(25)26)12-21-15-7-4-8-16(9-15)24-19(27)20-11-22-24;2*1-2/h3-9,11,19,21,27H,10,12H2,1-2H3,(H,20,22)(H,25,26);2*1-2H2/p-1. The van der Waals surface area contributed by atoms with E-state index in [0.717, 1.165) is 28.2 Å². The van der Waals surface area contributed by atoms with Gasteiger partial charge in [-0.25, -0.2) is 4.99 Å². The van der Waals surface area contributed by atoms with Gasteiger partial charge in [-0.3, -0.25) is 10.4 Å². The van der Waals surface area contributed by atoms with Gasteiger partial charge in [0.15, 0.2) is 5.50 Å². The number of thiol groups is 1. The van der Waals surface area contributed by atoms with Crippen LogP contribution in [-0.4, -0.2) is 31.0 Å². The molecule has 31 heavy (non-hydrogen) atoms. The van der Waals surface area contributed by atoms with E-state index in [1.165, 1.54) is 0 Å². The molecule has 2 aromatic carbocycles. The van der Waals surface area contributed by atoms with E-state index >= 15 is 0 Å². The lowest BCUT2D eigenvalue weighted by Gasteiger charge is -2.29. The number of carboxylic acids is 1. The molecule has 166 valence electrons. The monoisotopic (exact) mass is 440 g/mol. The number of aliphatic imine (C=N–C) groups is 1. The molecule has 7 nitrogen and oxygen atoms in total. The minimum Gasteiger partial charge on any atom is -0.548 e. The van der Waals surface area contributed by atoms with Gasteiger partial charge < -0.3 is 20.1 Å². The van der Waals surface area contributed by atoms with E-state index in [4.69, 9.17) is 0 Å². The lowest BCUT2D eigenvalue weighted by atomic mass is 10.1. The topological polar surface area (TPSA) is 83.0 Å². The van der Waals surface area contributed by atoms with E-state index in [1.807, 2.05) is 61.3 Å². The van der Waals surface area contributed by atoms with E-state index in [2.05, 4.69) is 54.7 Å². The summed E-state index contributed by atoms with van der Waals surface area (Å²) in [6, 6.07) is 13.6. The lowest BCUT2D eigenvalue weighted by molar-refractivity contribution is -0.303. The Balaban J connectivity index is 0.00000113. The van der Waals surface area contributed by atoms with Crippen LogP contribution in [0.3, 0.4) is 0 Å². The van der Waals surface area contributed by atoms with E-state index < -0.39 is 5.97 Å². The third-order valence-corrected chi connectivity index (χ3v) is 4.67. The number of hydrogen-bond donors (Lipinski definition) is 3. The summed E-state index contributed by atoms with van der Waals surface area (Å²) >= 11 is 4.39. The number of para-hydroxylation sites is 1. The molecule has 2 N–H and O–H groups in total. The molecule has 0 spiro atoms. The third kappa shape index (κ3) is 7.11. The molecule has 0 saturated heterocycles. The Labute approximate surface area is 190 Å². The summed E-state index contributed by atoms with van der Waals surface area (Å²) in [4.78, 5) is 17.2.